The summed E-state index contributed by atoms with van der Waals surface area (Å²) in [7, 11) is 0. The van der Waals surface area contributed by atoms with Crippen molar-refractivity contribution >= 4 is 6.41 Å². The van der Waals surface area contributed by atoms with E-state index in [4.69, 9.17) is 0 Å². The summed E-state index contributed by atoms with van der Waals surface area (Å²) < 4.78 is 0. The quantitative estimate of drug-likeness (QED) is 0.839. The van der Waals surface area contributed by atoms with Gasteiger partial charge in [-0.25, -0.2) is 0 Å². The molecule has 0 bridgehead atoms. The molecular weight excluding hydrogens is 296 g/mol. The van der Waals surface area contributed by atoms with E-state index in [1.807, 2.05) is 0 Å². The van der Waals surface area contributed by atoms with Crippen molar-refractivity contribution in [3.05, 3.63) is 71.0 Å². The second-order valence-corrected chi connectivity index (χ2v) is 6.65. The molecule has 3 heteroatoms. The van der Waals surface area contributed by atoms with E-state index in [9.17, 15) is 4.79 Å². The van der Waals surface area contributed by atoms with Gasteiger partial charge >= 0.3 is 0 Å². The zero-order chi connectivity index (χ0) is 16.8. The van der Waals surface area contributed by atoms with E-state index < -0.39 is 0 Å². The highest BCUT2D eigenvalue weighted by Gasteiger charge is 2.21. The summed E-state index contributed by atoms with van der Waals surface area (Å²) in [6, 6.07) is 9.02. The smallest absolute Gasteiger partial charge is 0.207 e. The van der Waals surface area contributed by atoms with Gasteiger partial charge in [-0.05, 0) is 49.3 Å². The SMILES string of the molecule is Cc1ccc(C2CCN(C3=CCC=C(CNC=O)C=C3)CC2)cc1. The Morgan fingerprint density at radius 1 is 1.12 bits per heavy atom. The molecule has 0 radical (unpaired) electrons. The molecule has 3 nitrogen and oxygen atoms in total. The summed E-state index contributed by atoms with van der Waals surface area (Å²) in [6.07, 6.45) is 12.9. The molecule has 0 atom stereocenters. The number of hydrogen-bond acceptors (Lipinski definition) is 2. The molecule has 3 rings (SSSR count). The van der Waals surface area contributed by atoms with Crippen LogP contribution in [0.25, 0.3) is 0 Å². The number of nitrogens with zero attached hydrogens (tertiary/aromatic N) is 1. The molecule has 1 aromatic rings. The molecule has 24 heavy (non-hydrogen) atoms. The van der Waals surface area contributed by atoms with Crippen LogP contribution in [-0.2, 0) is 4.79 Å². The van der Waals surface area contributed by atoms with E-state index in [-0.39, 0.29) is 0 Å². The molecule has 1 fully saturated rings. The third kappa shape index (κ3) is 4.16. The van der Waals surface area contributed by atoms with Crippen molar-refractivity contribution in [1.29, 1.82) is 0 Å². The van der Waals surface area contributed by atoms with Gasteiger partial charge in [-0.15, -0.1) is 0 Å². The number of likely N-dealkylation sites (tertiary alicyclic amines) is 1. The predicted octanol–water partition coefficient (Wildman–Crippen LogP) is 3.69. The number of nitrogens with one attached hydrogen (secondary N) is 1. The van der Waals surface area contributed by atoms with E-state index in [0.29, 0.717) is 12.5 Å². The number of carbonyl (C=O) groups is 1. The summed E-state index contributed by atoms with van der Waals surface area (Å²) in [5.74, 6) is 0.683. The molecular formula is C21H26N2O. The number of aryl methyl sites for hydroxylation is 1. The zero-order valence-corrected chi connectivity index (χ0v) is 14.4. The second-order valence-electron chi connectivity index (χ2n) is 6.65. The van der Waals surface area contributed by atoms with Crippen molar-refractivity contribution < 1.29 is 4.79 Å². The van der Waals surface area contributed by atoms with Gasteiger partial charge in [-0.3, -0.25) is 4.79 Å². The average molecular weight is 322 g/mol. The molecule has 2 aliphatic rings. The predicted molar refractivity (Wildman–Crippen MR) is 98.7 cm³/mol. The molecule has 1 amide bonds. The van der Waals surface area contributed by atoms with Crippen LogP contribution in [0.5, 0.6) is 0 Å². The molecule has 1 aromatic carbocycles. The number of allylic oxidation sites excluding steroid dienone is 3. The Morgan fingerprint density at radius 2 is 1.88 bits per heavy atom. The Labute approximate surface area is 144 Å². The highest BCUT2D eigenvalue weighted by molar-refractivity contribution is 5.47. The lowest BCUT2D eigenvalue weighted by Crippen LogP contribution is -2.31. The van der Waals surface area contributed by atoms with E-state index in [1.165, 1.54) is 35.2 Å². The zero-order valence-electron chi connectivity index (χ0n) is 14.4. The lowest BCUT2D eigenvalue weighted by Gasteiger charge is -2.34. The highest BCUT2D eigenvalue weighted by atomic mass is 16.1. The minimum atomic E-state index is 0.608. The van der Waals surface area contributed by atoms with Gasteiger partial charge in [-0.2, -0.15) is 0 Å². The number of carbonyl (C=O) groups excluding carboxylic acids is 1. The van der Waals surface area contributed by atoms with Crippen LogP contribution in [0, 0.1) is 6.92 Å². The Morgan fingerprint density at radius 3 is 2.58 bits per heavy atom. The van der Waals surface area contributed by atoms with Crippen molar-refractivity contribution in [3.63, 3.8) is 0 Å². The van der Waals surface area contributed by atoms with Gasteiger partial charge < -0.3 is 10.2 Å². The number of amides is 1. The first-order chi connectivity index (χ1) is 11.8. The van der Waals surface area contributed by atoms with E-state index in [0.717, 1.165) is 25.9 Å². The van der Waals surface area contributed by atoms with Crippen LogP contribution in [0.2, 0.25) is 0 Å². The van der Waals surface area contributed by atoms with E-state index >= 15 is 0 Å². The third-order valence-corrected chi connectivity index (χ3v) is 4.97. The molecule has 0 spiro atoms. The van der Waals surface area contributed by atoms with Gasteiger partial charge in [0.2, 0.25) is 6.41 Å². The molecule has 1 N–H and O–H groups in total. The van der Waals surface area contributed by atoms with Crippen LogP contribution < -0.4 is 5.32 Å². The van der Waals surface area contributed by atoms with Gasteiger partial charge in [0.1, 0.15) is 0 Å². The summed E-state index contributed by atoms with van der Waals surface area (Å²) >= 11 is 0. The summed E-state index contributed by atoms with van der Waals surface area (Å²) in [5, 5.41) is 2.73. The van der Waals surface area contributed by atoms with Crippen molar-refractivity contribution in [2.45, 2.75) is 32.1 Å². The molecule has 0 unspecified atom stereocenters. The summed E-state index contributed by atoms with van der Waals surface area (Å²) in [5.41, 5.74) is 5.30. The maximum absolute atomic E-state index is 10.4. The molecule has 126 valence electrons. The Hall–Kier alpha value is -2.29. The molecule has 1 aliphatic carbocycles. The summed E-state index contributed by atoms with van der Waals surface area (Å²) in [6.45, 7) is 4.97. The van der Waals surface area contributed by atoms with Crippen LogP contribution in [0.1, 0.15) is 36.3 Å². The maximum Gasteiger partial charge on any atom is 0.207 e. The van der Waals surface area contributed by atoms with Crippen molar-refractivity contribution in [2.75, 3.05) is 19.6 Å². The normalized spacial score (nSPS) is 18.6. The van der Waals surface area contributed by atoms with Crippen molar-refractivity contribution in [1.82, 2.24) is 10.2 Å². The van der Waals surface area contributed by atoms with E-state index in [2.05, 4.69) is 65.7 Å². The highest BCUT2D eigenvalue weighted by Crippen LogP contribution is 2.30. The van der Waals surface area contributed by atoms with Crippen LogP contribution >= 0.6 is 0 Å². The summed E-state index contributed by atoms with van der Waals surface area (Å²) in [4.78, 5) is 12.9. The maximum atomic E-state index is 10.4. The van der Waals surface area contributed by atoms with Crippen molar-refractivity contribution in [3.8, 4) is 0 Å². The first-order valence-electron chi connectivity index (χ1n) is 8.82. The molecule has 0 saturated carbocycles. The van der Waals surface area contributed by atoms with Crippen LogP contribution in [0.3, 0.4) is 0 Å². The lowest BCUT2D eigenvalue weighted by atomic mass is 9.89. The van der Waals surface area contributed by atoms with Crippen LogP contribution in [-0.4, -0.2) is 30.9 Å². The van der Waals surface area contributed by atoms with Gasteiger partial charge in [0.15, 0.2) is 0 Å². The standard InChI is InChI=1S/C21H26N2O/c1-17-5-8-19(9-6-17)20-11-13-23(14-12-20)21-4-2-3-18(7-10-21)15-22-16-24/h3-10,16,20H,2,11-15H2,1H3,(H,22,24). The third-order valence-electron chi connectivity index (χ3n) is 4.97. The Balaban J connectivity index is 1.56. The lowest BCUT2D eigenvalue weighted by molar-refractivity contribution is -0.109. The van der Waals surface area contributed by atoms with Crippen molar-refractivity contribution in [2.24, 2.45) is 0 Å². The fourth-order valence-corrected chi connectivity index (χ4v) is 3.49. The monoisotopic (exact) mass is 322 g/mol. The van der Waals surface area contributed by atoms with Gasteiger partial charge in [0.05, 0.1) is 0 Å². The topological polar surface area (TPSA) is 32.3 Å². The van der Waals surface area contributed by atoms with Gasteiger partial charge in [0, 0.05) is 25.3 Å². The largest absolute Gasteiger partial charge is 0.372 e. The Kier molecular flexibility index (Phi) is 5.52. The fraction of sp³-hybridized carbons (Fsp3) is 0.381. The Bertz CT molecular complexity index is 647. The molecule has 0 aromatic heterocycles. The second kappa shape index (κ2) is 8.00. The average Bonchev–Trinajstić information content (AvgIpc) is 2.86. The fourth-order valence-electron chi connectivity index (χ4n) is 3.49. The number of piperidine rings is 1. The number of benzene rings is 1. The van der Waals surface area contributed by atoms with E-state index in [1.54, 1.807) is 0 Å². The molecule has 1 aliphatic heterocycles. The minimum Gasteiger partial charge on any atom is -0.372 e. The first-order valence-corrected chi connectivity index (χ1v) is 8.82. The number of hydrogen-bond donors (Lipinski definition) is 1. The van der Waals surface area contributed by atoms with Crippen LogP contribution in [0.15, 0.2) is 59.8 Å². The van der Waals surface area contributed by atoms with Crippen LogP contribution in [0.4, 0.5) is 0 Å². The first kappa shape index (κ1) is 16.6. The number of rotatable bonds is 5. The molecule has 1 heterocycles. The van der Waals surface area contributed by atoms with Gasteiger partial charge in [-0.1, -0.05) is 48.1 Å². The molecule has 1 saturated heterocycles. The van der Waals surface area contributed by atoms with Gasteiger partial charge in [0.25, 0.3) is 0 Å². The minimum absolute atomic E-state index is 0.608.